The van der Waals surface area contributed by atoms with Crippen molar-refractivity contribution < 1.29 is 19.0 Å². The van der Waals surface area contributed by atoms with Gasteiger partial charge in [-0.2, -0.15) is 0 Å². The predicted octanol–water partition coefficient (Wildman–Crippen LogP) is 3.79. The summed E-state index contributed by atoms with van der Waals surface area (Å²) in [4.78, 5) is 12.2. The highest BCUT2D eigenvalue weighted by molar-refractivity contribution is 5.77. The molecule has 0 fully saturated rings. The number of rotatable bonds is 8. The van der Waals surface area contributed by atoms with Crippen molar-refractivity contribution in [3.8, 4) is 17.2 Å². The average Bonchev–Trinajstić information content (AvgIpc) is 2.79. The fourth-order valence-electron chi connectivity index (χ4n) is 3.39. The Labute approximate surface area is 176 Å². The normalized spacial score (nSPS) is 12.3. The number of nitrogens with one attached hydrogen (secondary N) is 1. The zero-order valence-corrected chi connectivity index (χ0v) is 16.8. The molecule has 5 nitrogen and oxygen atoms in total. The molecule has 1 heterocycles. The third kappa shape index (κ3) is 5.32. The Morgan fingerprint density at radius 2 is 1.63 bits per heavy atom. The van der Waals surface area contributed by atoms with E-state index in [9.17, 15) is 4.79 Å². The Morgan fingerprint density at radius 3 is 2.50 bits per heavy atom. The minimum absolute atomic E-state index is 0.00700. The Bertz CT molecular complexity index is 987. The van der Waals surface area contributed by atoms with Crippen molar-refractivity contribution in [2.24, 2.45) is 0 Å². The van der Waals surface area contributed by atoms with E-state index in [1.165, 1.54) is 5.56 Å². The molecular formula is C25H25NO4. The highest BCUT2D eigenvalue weighted by Crippen LogP contribution is 2.30. The third-order valence-corrected chi connectivity index (χ3v) is 4.91. The quantitative estimate of drug-likeness (QED) is 0.622. The van der Waals surface area contributed by atoms with E-state index in [4.69, 9.17) is 14.2 Å². The molecule has 0 radical (unpaired) electrons. The van der Waals surface area contributed by atoms with E-state index >= 15 is 0 Å². The molecule has 0 spiro atoms. The number of amides is 1. The molecule has 0 aromatic heterocycles. The zero-order chi connectivity index (χ0) is 20.6. The molecule has 4 rings (SSSR count). The lowest BCUT2D eigenvalue weighted by Crippen LogP contribution is -2.30. The topological polar surface area (TPSA) is 56.8 Å². The maximum absolute atomic E-state index is 12.2. The number of hydrogen-bond donors (Lipinski definition) is 1. The summed E-state index contributed by atoms with van der Waals surface area (Å²) >= 11 is 0. The number of benzene rings is 3. The monoisotopic (exact) mass is 403 g/mol. The van der Waals surface area contributed by atoms with Crippen LogP contribution in [0.3, 0.4) is 0 Å². The molecule has 3 aromatic rings. The lowest BCUT2D eigenvalue weighted by Gasteiger charge is -2.18. The van der Waals surface area contributed by atoms with Crippen LogP contribution >= 0.6 is 0 Å². The highest BCUT2D eigenvalue weighted by atomic mass is 16.6. The molecule has 1 aliphatic rings. The number of carbonyl (C=O) groups excluding carboxylic acids is 1. The van der Waals surface area contributed by atoms with Gasteiger partial charge in [0, 0.05) is 13.0 Å². The summed E-state index contributed by atoms with van der Waals surface area (Å²) in [5.41, 5.74) is 3.36. The summed E-state index contributed by atoms with van der Waals surface area (Å²) in [6.45, 7) is 1.67. The Balaban J connectivity index is 1.25. The van der Waals surface area contributed by atoms with Crippen molar-refractivity contribution in [2.45, 2.75) is 12.8 Å². The van der Waals surface area contributed by atoms with Gasteiger partial charge in [0.2, 0.25) is 0 Å². The van der Waals surface area contributed by atoms with Crippen molar-refractivity contribution in [3.63, 3.8) is 0 Å². The third-order valence-electron chi connectivity index (χ3n) is 4.91. The molecule has 0 unspecified atom stereocenters. The summed E-state index contributed by atoms with van der Waals surface area (Å²) in [6.07, 6.45) is 1.48. The van der Waals surface area contributed by atoms with Crippen LogP contribution in [0.5, 0.6) is 17.2 Å². The van der Waals surface area contributed by atoms with Gasteiger partial charge in [0.15, 0.2) is 18.1 Å². The molecule has 1 aliphatic heterocycles. The highest BCUT2D eigenvalue weighted by Gasteiger charge is 2.12. The van der Waals surface area contributed by atoms with Crippen LogP contribution in [0.25, 0.3) is 0 Å². The van der Waals surface area contributed by atoms with Crippen LogP contribution in [0.15, 0.2) is 72.8 Å². The van der Waals surface area contributed by atoms with Crippen molar-refractivity contribution in [1.82, 2.24) is 5.32 Å². The molecule has 0 saturated carbocycles. The van der Waals surface area contributed by atoms with Crippen LogP contribution in [-0.4, -0.2) is 32.3 Å². The smallest absolute Gasteiger partial charge is 0.257 e. The zero-order valence-electron chi connectivity index (χ0n) is 16.8. The molecule has 0 saturated heterocycles. The van der Waals surface area contributed by atoms with Crippen molar-refractivity contribution >= 4 is 5.91 Å². The summed E-state index contributed by atoms with van der Waals surface area (Å²) in [6, 6.07) is 23.9. The van der Waals surface area contributed by atoms with E-state index in [-0.39, 0.29) is 12.5 Å². The van der Waals surface area contributed by atoms with Crippen LogP contribution in [-0.2, 0) is 17.6 Å². The van der Waals surface area contributed by atoms with E-state index in [0.29, 0.717) is 26.2 Å². The standard InChI is InChI=1S/C25H25NO4/c27-25(26-13-12-20-10-11-23-24(17-20)29-15-14-28-23)18-30-22-9-5-4-8-21(22)16-19-6-2-1-3-7-19/h1-11,17H,12-16,18H2,(H,26,27). The molecule has 1 amide bonds. The van der Waals surface area contributed by atoms with Gasteiger partial charge in [-0.05, 0) is 41.3 Å². The Morgan fingerprint density at radius 1 is 0.867 bits per heavy atom. The van der Waals surface area contributed by atoms with Gasteiger partial charge in [0.05, 0.1) is 0 Å². The van der Waals surface area contributed by atoms with Gasteiger partial charge in [-0.25, -0.2) is 0 Å². The number of fused-ring (bicyclic) bond motifs is 1. The molecule has 0 aliphatic carbocycles. The molecule has 30 heavy (non-hydrogen) atoms. The fourth-order valence-corrected chi connectivity index (χ4v) is 3.39. The number of hydrogen-bond acceptors (Lipinski definition) is 4. The predicted molar refractivity (Wildman–Crippen MR) is 115 cm³/mol. The SMILES string of the molecule is O=C(COc1ccccc1Cc1ccccc1)NCCc1ccc2c(c1)OCCO2. The molecular weight excluding hydrogens is 378 g/mol. The Hall–Kier alpha value is -3.47. The van der Waals surface area contributed by atoms with Gasteiger partial charge in [-0.3, -0.25) is 4.79 Å². The largest absolute Gasteiger partial charge is 0.486 e. The first-order valence-corrected chi connectivity index (χ1v) is 10.2. The summed E-state index contributed by atoms with van der Waals surface area (Å²) in [5.74, 6) is 2.14. The summed E-state index contributed by atoms with van der Waals surface area (Å²) in [7, 11) is 0. The molecule has 0 bridgehead atoms. The van der Waals surface area contributed by atoms with Crippen molar-refractivity contribution in [3.05, 3.63) is 89.5 Å². The number of para-hydroxylation sites is 1. The van der Waals surface area contributed by atoms with E-state index < -0.39 is 0 Å². The maximum atomic E-state index is 12.2. The van der Waals surface area contributed by atoms with E-state index in [0.717, 1.165) is 34.8 Å². The molecule has 0 atom stereocenters. The van der Waals surface area contributed by atoms with Gasteiger partial charge in [-0.1, -0.05) is 54.6 Å². The first-order valence-electron chi connectivity index (χ1n) is 10.2. The van der Waals surface area contributed by atoms with Crippen molar-refractivity contribution in [2.75, 3.05) is 26.4 Å². The Kier molecular flexibility index (Phi) is 6.50. The lowest BCUT2D eigenvalue weighted by molar-refractivity contribution is -0.123. The second-order valence-electron chi connectivity index (χ2n) is 7.14. The number of ether oxygens (including phenoxy) is 3. The average molecular weight is 403 g/mol. The minimum atomic E-state index is -0.137. The van der Waals surface area contributed by atoms with Crippen molar-refractivity contribution in [1.29, 1.82) is 0 Å². The molecule has 3 aromatic carbocycles. The van der Waals surface area contributed by atoms with Gasteiger partial charge >= 0.3 is 0 Å². The van der Waals surface area contributed by atoms with Gasteiger partial charge in [0.1, 0.15) is 19.0 Å². The van der Waals surface area contributed by atoms with Crippen LogP contribution in [0, 0.1) is 0 Å². The molecule has 5 heteroatoms. The minimum Gasteiger partial charge on any atom is -0.486 e. The van der Waals surface area contributed by atoms with Gasteiger partial charge < -0.3 is 19.5 Å². The van der Waals surface area contributed by atoms with E-state index in [1.54, 1.807) is 0 Å². The first kappa shape index (κ1) is 19.8. The summed E-state index contributed by atoms with van der Waals surface area (Å²) in [5, 5.41) is 2.91. The summed E-state index contributed by atoms with van der Waals surface area (Å²) < 4.78 is 16.9. The van der Waals surface area contributed by atoms with E-state index in [2.05, 4.69) is 17.4 Å². The maximum Gasteiger partial charge on any atom is 0.257 e. The van der Waals surface area contributed by atoms with E-state index in [1.807, 2.05) is 60.7 Å². The van der Waals surface area contributed by atoms with Crippen LogP contribution in [0.2, 0.25) is 0 Å². The van der Waals surface area contributed by atoms with Crippen LogP contribution in [0.4, 0.5) is 0 Å². The second-order valence-corrected chi connectivity index (χ2v) is 7.14. The van der Waals surface area contributed by atoms with Crippen LogP contribution < -0.4 is 19.5 Å². The molecule has 1 N–H and O–H groups in total. The lowest BCUT2D eigenvalue weighted by atomic mass is 10.0. The molecule has 154 valence electrons. The van der Waals surface area contributed by atoms with Gasteiger partial charge in [0.25, 0.3) is 5.91 Å². The second kappa shape index (κ2) is 9.83. The fraction of sp³-hybridized carbons (Fsp3) is 0.240. The van der Waals surface area contributed by atoms with Crippen LogP contribution in [0.1, 0.15) is 16.7 Å². The van der Waals surface area contributed by atoms with Gasteiger partial charge in [-0.15, -0.1) is 0 Å². The number of carbonyl (C=O) groups is 1. The first-order chi connectivity index (χ1) is 14.8.